The lowest BCUT2D eigenvalue weighted by Gasteiger charge is -2.04. The first-order chi connectivity index (χ1) is 13.1. The van der Waals surface area contributed by atoms with Gasteiger partial charge >= 0.3 is 17.2 Å². The molecule has 0 fully saturated rings. The molecular formula is C19H20N3O5+. The molecule has 1 aromatic heterocycles. The standard InChI is InChI=1S/C19H19N3O5/c1-25-15-7-3-13(4-8-15)11-12-20-18(23)17-19(24)27-21-22(17)14-5-9-16(26-2)10-6-14/h3-10H,11-12H2,1-2H3,(H-,20,21,23,24)/p+1. The number of methoxy groups -OCH3 is 2. The van der Waals surface area contributed by atoms with E-state index in [1.165, 1.54) is 4.68 Å². The summed E-state index contributed by atoms with van der Waals surface area (Å²) >= 11 is 0. The van der Waals surface area contributed by atoms with Gasteiger partial charge in [-0.1, -0.05) is 12.1 Å². The number of carbonyl (C=O) groups excluding carboxylic acids is 1. The van der Waals surface area contributed by atoms with E-state index in [0.717, 1.165) is 11.3 Å². The Bertz CT molecular complexity index is 958. The number of H-pyrrole nitrogens is 1. The number of nitrogens with one attached hydrogen (secondary N) is 2. The topological polar surface area (TPSA) is 97.4 Å². The molecule has 0 spiro atoms. The summed E-state index contributed by atoms with van der Waals surface area (Å²) in [5, 5.41) is 5.18. The van der Waals surface area contributed by atoms with Gasteiger partial charge < -0.3 is 14.8 Å². The zero-order chi connectivity index (χ0) is 19.2. The monoisotopic (exact) mass is 370 g/mol. The summed E-state index contributed by atoms with van der Waals surface area (Å²) in [5.74, 6) is 0.915. The number of hydrogen-bond donors (Lipinski definition) is 2. The molecule has 0 aliphatic carbocycles. The Morgan fingerprint density at radius 3 is 2.22 bits per heavy atom. The van der Waals surface area contributed by atoms with Gasteiger partial charge in [-0.05, 0) is 46.2 Å². The highest BCUT2D eigenvalue weighted by Gasteiger charge is 2.30. The van der Waals surface area contributed by atoms with Crippen molar-refractivity contribution >= 4 is 5.91 Å². The molecule has 0 bridgehead atoms. The van der Waals surface area contributed by atoms with Gasteiger partial charge in [0.1, 0.15) is 11.5 Å². The van der Waals surface area contributed by atoms with Crippen molar-refractivity contribution in [1.29, 1.82) is 0 Å². The molecule has 0 radical (unpaired) electrons. The average Bonchev–Trinajstić information content (AvgIpc) is 3.10. The lowest BCUT2D eigenvalue weighted by atomic mass is 10.1. The smallest absolute Gasteiger partial charge is 0.441 e. The summed E-state index contributed by atoms with van der Waals surface area (Å²) < 4.78 is 16.3. The van der Waals surface area contributed by atoms with Crippen LogP contribution in [0.25, 0.3) is 5.69 Å². The summed E-state index contributed by atoms with van der Waals surface area (Å²) in [6.45, 7) is 0.373. The SMILES string of the molecule is COc1ccc(CCNC(=O)c2c(=O)o[nH][n+]2-c2ccc(OC)cc2)cc1. The van der Waals surface area contributed by atoms with Crippen LogP contribution in [0.4, 0.5) is 0 Å². The van der Waals surface area contributed by atoms with Gasteiger partial charge in [0.25, 0.3) is 0 Å². The average molecular weight is 370 g/mol. The van der Waals surface area contributed by atoms with Crippen molar-refractivity contribution in [1.82, 2.24) is 10.6 Å². The fraction of sp³-hybridized carbons (Fsp3) is 0.211. The second kappa shape index (κ2) is 8.22. The molecule has 1 amide bonds. The number of aromatic nitrogens is 2. The molecular weight excluding hydrogens is 350 g/mol. The van der Waals surface area contributed by atoms with Crippen LogP contribution in [0.3, 0.4) is 0 Å². The highest BCUT2D eigenvalue weighted by atomic mass is 16.5. The van der Waals surface area contributed by atoms with Crippen LogP contribution in [0.1, 0.15) is 16.1 Å². The van der Waals surface area contributed by atoms with E-state index < -0.39 is 11.5 Å². The Kier molecular flexibility index (Phi) is 5.55. The summed E-state index contributed by atoms with van der Waals surface area (Å²) in [4.78, 5) is 24.4. The molecule has 0 aliphatic heterocycles. The van der Waals surface area contributed by atoms with E-state index in [1.54, 1.807) is 38.5 Å². The number of amides is 1. The largest absolute Gasteiger partial charge is 0.497 e. The second-order valence-corrected chi connectivity index (χ2v) is 5.72. The zero-order valence-electron chi connectivity index (χ0n) is 15.0. The van der Waals surface area contributed by atoms with Gasteiger partial charge in [0.15, 0.2) is 0 Å². The van der Waals surface area contributed by atoms with E-state index in [2.05, 4.69) is 10.6 Å². The Balaban J connectivity index is 1.69. The van der Waals surface area contributed by atoms with Crippen molar-refractivity contribution in [3.05, 3.63) is 70.2 Å². The normalized spacial score (nSPS) is 10.4. The summed E-state index contributed by atoms with van der Waals surface area (Å²) in [5.41, 5.74) is 0.741. The minimum atomic E-state index is -0.743. The van der Waals surface area contributed by atoms with Gasteiger partial charge in [-0.3, -0.25) is 9.32 Å². The predicted octanol–water partition coefficient (Wildman–Crippen LogP) is 1.23. The molecule has 2 aromatic carbocycles. The third-order valence-electron chi connectivity index (χ3n) is 4.05. The van der Waals surface area contributed by atoms with Gasteiger partial charge in [-0.2, -0.15) is 0 Å². The van der Waals surface area contributed by atoms with Crippen LogP contribution in [0.2, 0.25) is 0 Å². The van der Waals surface area contributed by atoms with Crippen LogP contribution in [0.15, 0.2) is 57.8 Å². The summed E-state index contributed by atoms with van der Waals surface area (Å²) in [6.07, 6.45) is 0.619. The number of carbonyl (C=O) groups is 1. The van der Waals surface area contributed by atoms with Crippen molar-refractivity contribution in [3.8, 4) is 17.2 Å². The maximum absolute atomic E-state index is 12.5. The van der Waals surface area contributed by atoms with Crippen LogP contribution in [-0.2, 0) is 6.42 Å². The maximum atomic E-state index is 12.5. The number of hydrogen-bond acceptors (Lipinski definition) is 5. The van der Waals surface area contributed by atoms with Crippen LogP contribution < -0.4 is 25.1 Å². The second-order valence-electron chi connectivity index (χ2n) is 5.72. The highest BCUT2D eigenvalue weighted by Crippen LogP contribution is 2.12. The van der Waals surface area contributed by atoms with E-state index >= 15 is 0 Å². The zero-order valence-corrected chi connectivity index (χ0v) is 15.0. The third-order valence-corrected chi connectivity index (χ3v) is 4.05. The minimum Gasteiger partial charge on any atom is -0.497 e. The summed E-state index contributed by atoms with van der Waals surface area (Å²) in [7, 11) is 3.17. The Morgan fingerprint density at radius 2 is 1.63 bits per heavy atom. The van der Waals surface area contributed by atoms with Gasteiger partial charge in [-0.25, -0.2) is 4.79 Å². The third kappa shape index (κ3) is 4.17. The molecule has 8 heteroatoms. The van der Waals surface area contributed by atoms with Crippen LogP contribution in [-0.4, -0.2) is 31.9 Å². The molecule has 0 atom stereocenters. The number of aromatic amines is 1. The van der Waals surface area contributed by atoms with Gasteiger partial charge in [-0.15, -0.1) is 0 Å². The Labute approximate surface area is 155 Å². The van der Waals surface area contributed by atoms with Crippen LogP contribution in [0.5, 0.6) is 11.5 Å². The first-order valence-corrected chi connectivity index (χ1v) is 8.31. The van der Waals surface area contributed by atoms with E-state index in [1.807, 2.05) is 24.3 Å². The molecule has 3 aromatic rings. The van der Waals surface area contributed by atoms with E-state index in [0.29, 0.717) is 24.4 Å². The fourth-order valence-corrected chi connectivity index (χ4v) is 2.58. The molecule has 140 valence electrons. The van der Waals surface area contributed by atoms with E-state index in [-0.39, 0.29) is 5.69 Å². The predicted molar refractivity (Wildman–Crippen MR) is 96.4 cm³/mol. The molecule has 0 saturated heterocycles. The molecule has 0 aliphatic rings. The quantitative estimate of drug-likeness (QED) is 0.610. The molecule has 3 rings (SSSR count). The van der Waals surface area contributed by atoms with Gasteiger partial charge in [0.2, 0.25) is 5.69 Å². The summed E-state index contributed by atoms with van der Waals surface area (Å²) in [6, 6.07) is 14.4. The number of benzene rings is 2. The molecule has 1 heterocycles. The highest BCUT2D eigenvalue weighted by molar-refractivity contribution is 5.90. The number of rotatable bonds is 7. The van der Waals surface area contributed by atoms with Crippen molar-refractivity contribution in [3.63, 3.8) is 0 Å². The number of nitrogens with zero attached hydrogens (tertiary/aromatic N) is 1. The molecule has 27 heavy (non-hydrogen) atoms. The minimum absolute atomic E-state index is 0.130. The first-order valence-electron chi connectivity index (χ1n) is 8.31. The van der Waals surface area contributed by atoms with E-state index in [9.17, 15) is 9.59 Å². The van der Waals surface area contributed by atoms with Crippen LogP contribution >= 0.6 is 0 Å². The van der Waals surface area contributed by atoms with Crippen molar-refractivity contribution in [2.24, 2.45) is 0 Å². The van der Waals surface area contributed by atoms with Crippen molar-refractivity contribution in [2.75, 3.05) is 20.8 Å². The lowest BCUT2D eigenvalue weighted by molar-refractivity contribution is -0.672. The Hall–Kier alpha value is -3.55. The first kappa shape index (κ1) is 18.2. The molecule has 0 unspecified atom stereocenters. The fourth-order valence-electron chi connectivity index (χ4n) is 2.58. The molecule has 0 saturated carbocycles. The Morgan fingerprint density at radius 1 is 1.04 bits per heavy atom. The molecule has 2 N–H and O–H groups in total. The van der Waals surface area contributed by atoms with Crippen molar-refractivity contribution < 1.29 is 23.5 Å². The molecule has 8 nitrogen and oxygen atoms in total. The van der Waals surface area contributed by atoms with Gasteiger partial charge in [0, 0.05) is 18.7 Å². The van der Waals surface area contributed by atoms with E-state index in [4.69, 9.17) is 14.0 Å². The van der Waals surface area contributed by atoms with Crippen molar-refractivity contribution in [2.45, 2.75) is 6.42 Å². The number of ether oxygens (including phenoxy) is 2. The van der Waals surface area contributed by atoms with Gasteiger partial charge in [0.05, 0.1) is 14.2 Å². The van der Waals surface area contributed by atoms with Crippen LogP contribution in [0, 0.1) is 0 Å². The lowest BCUT2D eigenvalue weighted by Crippen LogP contribution is -2.45. The maximum Gasteiger partial charge on any atom is 0.441 e.